The van der Waals surface area contributed by atoms with Gasteiger partial charge in [-0.25, -0.2) is 9.97 Å². The number of rotatable bonds is 14. The molecule has 4 fully saturated rings. The van der Waals surface area contributed by atoms with Gasteiger partial charge in [-0.05, 0) is 133 Å². The second kappa shape index (κ2) is 26.3. The fourth-order valence-electron chi connectivity index (χ4n) is 12.4. The first-order valence-electron chi connectivity index (χ1n) is 31.1. The zero-order valence-electron chi connectivity index (χ0n) is 51.2. The highest BCUT2D eigenvalue weighted by molar-refractivity contribution is 6.13. The summed E-state index contributed by atoms with van der Waals surface area (Å²) < 4.78 is 13.6. The van der Waals surface area contributed by atoms with Gasteiger partial charge in [0.25, 0.3) is 34.7 Å². The standard InChI is InChI=1S/C35H36N6O5.C35H34N6O5/c2*1-39-20-25(18-30(35(39)45)38-32-10-8-24(19-37-32)33(43)40-13-15-46-16-14-40)26-3-2-4-31(28(26)21-42)41-12-11-36-29-17-23(22-5-6-22)7-9-27(29)34(41)44/h2-4,7-10,17-20,22,36,42H,5-6,11-16,21H2,1H3,(H,37,38);2-4,7-10,17-22,36H,5-6,11-16H2,1H3,(H,37,38). The molecule has 2 aliphatic carbocycles. The lowest BCUT2D eigenvalue weighted by atomic mass is 9.98. The summed E-state index contributed by atoms with van der Waals surface area (Å²) in [6.45, 7) is 5.79. The van der Waals surface area contributed by atoms with Crippen LogP contribution in [0.5, 0.6) is 0 Å². The van der Waals surface area contributed by atoms with Gasteiger partial charge in [0.1, 0.15) is 23.0 Å². The largest absolute Gasteiger partial charge is 0.392 e. The van der Waals surface area contributed by atoms with Gasteiger partial charge in [-0.15, -0.1) is 0 Å². The smallest absolute Gasteiger partial charge is 0.274 e. The quantitative estimate of drug-likeness (QED) is 0.0639. The number of fused-ring (bicyclic) bond motifs is 2. The molecule has 470 valence electrons. The van der Waals surface area contributed by atoms with Crippen molar-refractivity contribution in [1.29, 1.82) is 0 Å². The van der Waals surface area contributed by atoms with Crippen molar-refractivity contribution in [3.05, 3.63) is 199 Å². The van der Waals surface area contributed by atoms with Gasteiger partial charge in [0.05, 0.1) is 66.7 Å². The Bertz CT molecular complexity index is 4300. The molecule has 22 nitrogen and oxygen atoms in total. The molecule has 0 radical (unpaired) electrons. The predicted molar refractivity (Wildman–Crippen MR) is 351 cm³/mol. The molecule has 2 saturated carbocycles. The van der Waals surface area contributed by atoms with Gasteiger partial charge < -0.3 is 64.6 Å². The summed E-state index contributed by atoms with van der Waals surface area (Å²) in [7, 11) is 3.30. The number of nitrogens with one attached hydrogen (secondary N) is 4. The lowest BCUT2D eigenvalue weighted by Gasteiger charge is -2.26. The first-order valence-corrected chi connectivity index (χ1v) is 31.1. The van der Waals surface area contributed by atoms with E-state index in [4.69, 9.17) is 9.47 Å². The number of aromatic nitrogens is 4. The summed E-state index contributed by atoms with van der Waals surface area (Å²) >= 11 is 0. The van der Waals surface area contributed by atoms with Gasteiger partial charge in [0.15, 0.2) is 6.29 Å². The van der Waals surface area contributed by atoms with Gasteiger partial charge in [-0.2, -0.15) is 0 Å². The van der Waals surface area contributed by atoms with Crippen LogP contribution in [-0.4, -0.2) is 143 Å². The number of aldehydes is 1. The molecule has 2 saturated heterocycles. The summed E-state index contributed by atoms with van der Waals surface area (Å²) in [6.07, 6.45) is 11.9. The van der Waals surface area contributed by atoms with Gasteiger partial charge in [-0.1, -0.05) is 36.4 Å². The molecule has 0 atom stereocenters. The molecule has 0 bridgehead atoms. The third kappa shape index (κ3) is 12.6. The van der Waals surface area contributed by atoms with Crippen LogP contribution < -0.4 is 42.2 Å². The van der Waals surface area contributed by atoms with Crippen molar-refractivity contribution in [3.63, 3.8) is 0 Å². The average Bonchev–Trinajstić information content (AvgIpc) is 2.53. The maximum absolute atomic E-state index is 13.9. The first kappa shape index (κ1) is 60.6. The minimum atomic E-state index is -0.304. The van der Waals surface area contributed by atoms with Crippen molar-refractivity contribution in [2.75, 3.05) is 110 Å². The Labute approximate surface area is 530 Å². The minimum absolute atomic E-state index is 0.109. The zero-order chi connectivity index (χ0) is 63.6. The lowest BCUT2D eigenvalue weighted by molar-refractivity contribution is 0.0301. The molecule has 92 heavy (non-hydrogen) atoms. The van der Waals surface area contributed by atoms with Crippen LogP contribution in [0.4, 0.5) is 45.8 Å². The van der Waals surface area contributed by atoms with Crippen LogP contribution in [0.15, 0.2) is 144 Å². The van der Waals surface area contributed by atoms with Crippen LogP contribution in [-0.2, 0) is 30.2 Å². The van der Waals surface area contributed by atoms with E-state index in [9.17, 15) is 38.7 Å². The molecule has 4 aromatic heterocycles. The van der Waals surface area contributed by atoms with Crippen LogP contribution in [0.2, 0.25) is 0 Å². The fraction of sp³-hybridized carbons (Fsp3) is 0.300. The lowest BCUT2D eigenvalue weighted by Crippen LogP contribution is -2.40. The van der Waals surface area contributed by atoms with E-state index in [-0.39, 0.29) is 52.7 Å². The number of aliphatic hydroxyl groups is 1. The number of amides is 4. The molecular formula is C70H70N12O10. The van der Waals surface area contributed by atoms with Crippen molar-refractivity contribution < 1.29 is 38.6 Å². The molecule has 22 heteroatoms. The number of anilines is 8. The van der Waals surface area contributed by atoms with Gasteiger partial charge in [-0.3, -0.25) is 33.6 Å². The van der Waals surface area contributed by atoms with Crippen molar-refractivity contribution in [2.45, 2.75) is 44.1 Å². The molecule has 8 aromatic rings. The number of carbonyl (C=O) groups excluding carboxylic acids is 5. The second-order valence-electron chi connectivity index (χ2n) is 23.8. The van der Waals surface area contributed by atoms with E-state index < -0.39 is 0 Å². The summed E-state index contributed by atoms with van der Waals surface area (Å²) in [5.74, 6) is 1.43. The number of benzene rings is 4. The van der Waals surface area contributed by atoms with Crippen LogP contribution in [0.3, 0.4) is 0 Å². The number of ether oxygens (including phenoxy) is 2. The molecular weight excluding hydrogens is 1170 g/mol. The molecule has 6 aliphatic rings. The zero-order valence-corrected chi connectivity index (χ0v) is 51.2. The number of aliphatic hydroxyl groups excluding tert-OH is 1. The highest BCUT2D eigenvalue weighted by Gasteiger charge is 2.32. The number of hydrogen-bond donors (Lipinski definition) is 5. The highest BCUT2D eigenvalue weighted by atomic mass is 16.5. The third-order valence-electron chi connectivity index (χ3n) is 17.7. The minimum Gasteiger partial charge on any atom is -0.392 e. The number of aryl methyl sites for hydroxylation is 2. The number of hydrogen-bond acceptors (Lipinski definition) is 16. The monoisotopic (exact) mass is 1240 g/mol. The van der Waals surface area contributed by atoms with Gasteiger partial charge >= 0.3 is 0 Å². The van der Waals surface area contributed by atoms with Crippen molar-refractivity contribution in [3.8, 4) is 22.3 Å². The van der Waals surface area contributed by atoms with E-state index >= 15 is 0 Å². The molecule has 4 aromatic carbocycles. The van der Waals surface area contributed by atoms with Crippen LogP contribution in [0, 0.1) is 0 Å². The summed E-state index contributed by atoms with van der Waals surface area (Å²) in [5, 5.41) is 23.7. The van der Waals surface area contributed by atoms with Crippen LogP contribution in [0.1, 0.15) is 106 Å². The van der Waals surface area contributed by atoms with Crippen molar-refractivity contribution >= 4 is 75.7 Å². The Balaban J connectivity index is 0.000000168. The van der Waals surface area contributed by atoms with E-state index in [0.717, 1.165) is 17.7 Å². The number of pyridine rings is 4. The molecule has 14 rings (SSSR count). The second-order valence-corrected chi connectivity index (χ2v) is 23.8. The Morgan fingerprint density at radius 3 is 1.47 bits per heavy atom. The van der Waals surface area contributed by atoms with E-state index in [1.807, 2.05) is 48.5 Å². The maximum atomic E-state index is 13.9. The number of carbonyl (C=O) groups is 5. The maximum Gasteiger partial charge on any atom is 0.274 e. The molecule has 0 spiro atoms. The van der Waals surface area contributed by atoms with Crippen molar-refractivity contribution in [1.82, 2.24) is 28.9 Å². The molecule has 4 amide bonds. The SMILES string of the molecule is Cn1cc(-c2cccc(N3CCNc4cc(C5CC5)ccc4C3=O)c2C=O)cc(Nc2ccc(C(=O)N3CCOCC3)cn2)c1=O.Cn1cc(-c2cccc(N3CCNc4cc(C5CC5)ccc4C3=O)c2CO)cc(Nc2ccc(C(=O)N3CCOCC3)cn2)c1=O. The average molecular weight is 1240 g/mol. The fourth-order valence-corrected chi connectivity index (χ4v) is 12.4. The van der Waals surface area contributed by atoms with Gasteiger partial charge in [0, 0.05) is 125 Å². The predicted octanol–water partition coefficient (Wildman–Crippen LogP) is 8.53. The van der Waals surface area contributed by atoms with E-state index in [1.54, 1.807) is 94.6 Å². The van der Waals surface area contributed by atoms with Crippen molar-refractivity contribution in [2.24, 2.45) is 14.1 Å². The summed E-state index contributed by atoms with van der Waals surface area (Å²) in [6, 6.07) is 33.1. The van der Waals surface area contributed by atoms with Crippen LogP contribution in [0.25, 0.3) is 22.3 Å². The normalized spacial score (nSPS) is 16.4. The highest BCUT2D eigenvalue weighted by Crippen LogP contribution is 2.44. The Morgan fingerprint density at radius 1 is 0.565 bits per heavy atom. The third-order valence-corrected chi connectivity index (χ3v) is 17.7. The first-order chi connectivity index (χ1) is 44.8. The summed E-state index contributed by atoms with van der Waals surface area (Å²) in [5.41, 5.74) is 10.9. The van der Waals surface area contributed by atoms with E-state index in [1.165, 1.54) is 58.3 Å². The Morgan fingerprint density at radius 2 is 1.02 bits per heavy atom. The summed E-state index contributed by atoms with van der Waals surface area (Å²) in [4.78, 5) is 108. The van der Waals surface area contributed by atoms with E-state index in [2.05, 4.69) is 43.4 Å². The number of morpholine rings is 2. The topological polar surface area (TPSA) is 255 Å². The molecule has 0 unspecified atom stereocenters. The Hall–Kier alpha value is -10.3. The molecule has 4 aliphatic heterocycles. The molecule has 8 heterocycles. The van der Waals surface area contributed by atoms with E-state index in [0.29, 0.717) is 169 Å². The molecule has 5 N–H and O–H groups in total. The Kier molecular flexibility index (Phi) is 17.3. The number of nitrogens with zero attached hydrogens (tertiary/aromatic N) is 8. The van der Waals surface area contributed by atoms with Gasteiger partial charge in [0.2, 0.25) is 0 Å². The van der Waals surface area contributed by atoms with Crippen LogP contribution >= 0.6 is 0 Å².